The van der Waals surface area contributed by atoms with Crippen LogP contribution in [0.1, 0.15) is 33.6 Å². The Morgan fingerprint density at radius 1 is 1.44 bits per heavy atom. The van der Waals surface area contributed by atoms with Gasteiger partial charge in [0, 0.05) is 6.42 Å². The Morgan fingerprint density at radius 2 is 2.00 bits per heavy atom. The van der Waals surface area contributed by atoms with Gasteiger partial charge in [-0.15, -0.1) is 12.3 Å². The Hall–Kier alpha value is -0.440. The van der Waals surface area contributed by atoms with Gasteiger partial charge in [-0.3, -0.25) is 0 Å². The van der Waals surface area contributed by atoms with Crippen molar-refractivity contribution < 1.29 is 0 Å². The van der Waals surface area contributed by atoms with Gasteiger partial charge in [0.2, 0.25) is 0 Å². The van der Waals surface area contributed by atoms with Crippen molar-refractivity contribution in [1.29, 1.82) is 0 Å². The van der Waals surface area contributed by atoms with Gasteiger partial charge in [0.25, 0.3) is 0 Å². The summed E-state index contributed by atoms with van der Waals surface area (Å²) in [5, 5.41) is 0. The Bertz CT molecular complexity index is 98.2. The van der Waals surface area contributed by atoms with Crippen molar-refractivity contribution in [3.05, 3.63) is 6.42 Å². The molecule has 0 unspecified atom stereocenters. The van der Waals surface area contributed by atoms with Gasteiger partial charge in [-0.25, -0.2) is 0 Å². The largest absolute Gasteiger partial charge is 0.120 e. The van der Waals surface area contributed by atoms with E-state index in [2.05, 4.69) is 26.7 Å². The summed E-state index contributed by atoms with van der Waals surface area (Å²) in [5.74, 6) is 2.52. The van der Waals surface area contributed by atoms with Crippen LogP contribution >= 0.6 is 0 Å². The van der Waals surface area contributed by atoms with Gasteiger partial charge < -0.3 is 0 Å². The summed E-state index contributed by atoms with van der Waals surface area (Å²) < 4.78 is 0. The van der Waals surface area contributed by atoms with Crippen LogP contribution < -0.4 is 0 Å². The van der Waals surface area contributed by atoms with Gasteiger partial charge in [0.15, 0.2) is 0 Å². The molecule has 0 bridgehead atoms. The van der Waals surface area contributed by atoms with Crippen LogP contribution in [0.15, 0.2) is 0 Å². The molecule has 0 heterocycles. The minimum Gasteiger partial charge on any atom is -0.120 e. The maximum Gasteiger partial charge on any atom is 0.0338 e. The molecule has 0 saturated heterocycles. The van der Waals surface area contributed by atoms with Crippen LogP contribution in [0.5, 0.6) is 0 Å². The van der Waals surface area contributed by atoms with Crippen molar-refractivity contribution in [2.24, 2.45) is 5.41 Å². The summed E-state index contributed by atoms with van der Waals surface area (Å²) in [7, 11) is 0. The van der Waals surface area contributed by atoms with Crippen LogP contribution in [0.3, 0.4) is 0 Å². The SMILES string of the molecule is C#C[CH]CCC(C)(C)C. The van der Waals surface area contributed by atoms with Crippen molar-refractivity contribution in [3.63, 3.8) is 0 Å². The highest BCUT2D eigenvalue weighted by Gasteiger charge is 2.07. The highest BCUT2D eigenvalue weighted by molar-refractivity contribution is 5.00. The first-order valence-electron chi connectivity index (χ1n) is 3.34. The summed E-state index contributed by atoms with van der Waals surface area (Å²) in [6.45, 7) is 6.66. The molecule has 0 aromatic rings. The Balaban J connectivity index is 3.20. The summed E-state index contributed by atoms with van der Waals surface area (Å²) >= 11 is 0. The molecule has 0 aromatic heterocycles. The van der Waals surface area contributed by atoms with E-state index >= 15 is 0 Å². The predicted molar refractivity (Wildman–Crippen MR) is 41.8 cm³/mol. The molecule has 0 saturated carbocycles. The topological polar surface area (TPSA) is 0 Å². The van der Waals surface area contributed by atoms with Crippen LogP contribution in [0.25, 0.3) is 0 Å². The first-order chi connectivity index (χ1) is 4.06. The highest BCUT2D eigenvalue weighted by atomic mass is 14.1. The number of hydrogen-bond acceptors (Lipinski definition) is 0. The summed E-state index contributed by atoms with van der Waals surface area (Å²) in [6.07, 6.45) is 9.15. The van der Waals surface area contributed by atoms with E-state index in [1.165, 1.54) is 6.42 Å². The molecule has 0 fully saturated rings. The lowest BCUT2D eigenvalue weighted by molar-refractivity contribution is 0.378. The van der Waals surface area contributed by atoms with Crippen molar-refractivity contribution in [2.45, 2.75) is 33.6 Å². The third kappa shape index (κ3) is 7.56. The second kappa shape index (κ2) is 3.56. The van der Waals surface area contributed by atoms with Gasteiger partial charge in [0.1, 0.15) is 0 Å². The van der Waals surface area contributed by atoms with Crippen LogP contribution in [-0.2, 0) is 0 Å². The van der Waals surface area contributed by atoms with E-state index in [0.717, 1.165) is 6.42 Å². The van der Waals surface area contributed by atoms with Crippen LogP contribution in [0.4, 0.5) is 0 Å². The molecular weight excluding hydrogens is 108 g/mol. The van der Waals surface area contributed by atoms with E-state index in [1.807, 2.05) is 6.42 Å². The van der Waals surface area contributed by atoms with Crippen molar-refractivity contribution in [3.8, 4) is 12.3 Å². The molecule has 0 N–H and O–H groups in total. The number of unbranched alkanes of at least 4 members (excludes halogenated alkanes) is 1. The Kier molecular flexibility index (Phi) is 3.39. The molecule has 0 aliphatic rings. The molecular formula is C9H15. The summed E-state index contributed by atoms with van der Waals surface area (Å²) in [6, 6.07) is 0. The Morgan fingerprint density at radius 3 is 2.33 bits per heavy atom. The van der Waals surface area contributed by atoms with Crippen molar-refractivity contribution in [2.75, 3.05) is 0 Å². The third-order valence-corrected chi connectivity index (χ3v) is 1.16. The van der Waals surface area contributed by atoms with Gasteiger partial charge >= 0.3 is 0 Å². The first kappa shape index (κ1) is 8.56. The molecule has 0 amide bonds. The van der Waals surface area contributed by atoms with E-state index in [0.29, 0.717) is 5.41 Å². The highest BCUT2D eigenvalue weighted by Crippen LogP contribution is 2.20. The van der Waals surface area contributed by atoms with E-state index in [4.69, 9.17) is 6.42 Å². The normalized spacial score (nSPS) is 10.9. The Labute approximate surface area is 58.7 Å². The van der Waals surface area contributed by atoms with Gasteiger partial charge in [-0.2, -0.15) is 0 Å². The zero-order chi connectivity index (χ0) is 7.33. The standard InChI is InChI=1S/C9H15/c1-5-6-7-8-9(2,3)4/h1,6H,7-8H2,2-4H3. The molecule has 0 atom stereocenters. The van der Waals surface area contributed by atoms with E-state index in [9.17, 15) is 0 Å². The fourth-order valence-electron chi connectivity index (χ4n) is 0.589. The smallest absolute Gasteiger partial charge is 0.0338 e. The average Bonchev–Trinajstić information content (AvgIpc) is 1.63. The molecule has 0 heteroatoms. The zero-order valence-electron chi connectivity index (χ0n) is 6.57. The van der Waals surface area contributed by atoms with Crippen LogP contribution in [0, 0.1) is 24.2 Å². The van der Waals surface area contributed by atoms with Gasteiger partial charge in [0.05, 0.1) is 0 Å². The summed E-state index contributed by atoms with van der Waals surface area (Å²) in [5.41, 5.74) is 0.424. The third-order valence-electron chi connectivity index (χ3n) is 1.16. The van der Waals surface area contributed by atoms with E-state index < -0.39 is 0 Å². The molecule has 51 valence electrons. The molecule has 1 radical (unpaired) electrons. The molecule has 0 rings (SSSR count). The zero-order valence-corrected chi connectivity index (χ0v) is 6.57. The number of rotatable bonds is 2. The maximum atomic E-state index is 5.05. The van der Waals surface area contributed by atoms with Crippen molar-refractivity contribution >= 4 is 0 Å². The number of terminal acetylenes is 1. The molecule has 0 nitrogen and oxygen atoms in total. The van der Waals surface area contributed by atoms with Gasteiger partial charge in [-0.1, -0.05) is 20.8 Å². The minimum absolute atomic E-state index is 0.424. The molecule has 0 aromatic carbocycles. The van der Waals surface area contributed by atoms with Crippen molar-refractivity contribution in [1.82, 2.24) is 0 Å². The molecule has 0 aliphatic heterocycles. The average molecular weight is 123 g/mol. The maximum absolute atomic E-state index is 5.05. The quantitative estimate of drug-likeness (QED) is 0.391. The van der Waals surface area contributed by atoms with E-state index in [1.54, 1.807) is 0 Å². The monoisotopic (exact) mass is 123 g/mol. The van der Waals surface area contributed by atoms with Crippen LogP contribution in [0.2, 0.25) is 0 Å². The van der Waals surface area contributed by atoms with Gasteiger partial charge in [-0.05, 0) is 18.3 Å². The number of hydrogen-bond donors (Lipinski definition) is 0. The summed E-state index contributed by atoms with van der Waals surface area (Å²) in [4.78, 5) is 0. The molecule has 0 spiro atoms. The second-order valence-electron chi connectivity index (χ2n) is 3.47. The first-order valence-corrected chi connectivity index (χ1v) is 3.34. The lowest BCUT2D eigenvalue weighted by Crippen LogP contribution is -2.03. The lowest BCUT2D eigenvalue weighted by atomic mass is 9.90. The fraction of sp³-hybridized carbons (Fsp3) is 0.667. The van der Waals surface area contributed by atoms with Crippen LogP contribution in [-0.4, -0.2) is 0 Å². The van der Waals surface area contributed by atoms with E-state index in [-0.39, 0.29) is 0 Å². The lowest BCUT2D eigenvalue weighted by Gasteiger charge is -2.16. The molecule has 9 heavy (non-hydrogen) atoms. The predicted octanol–water partition coefficient (Wildman–Crippen LogP) is 2.65. The second-order valence-corrected chi connectivity index (χ2v) is 3.47. The molecule has 0 aliphatic carbocycles. The minimum atomic E-state index is 0.424. The fourth-order valence-corrected chi connectivity index (χ4v) is 0.589.